The molecule has 2 unspecified atom stereocenters. The number of hydrogen-bond acceptors (Lipinski definition) is 2. The highest BCUT2D eigenvalue weighted by Crippen LogP contribution is 2.39. The van der Waals surface area contributed by atoms with Crippen LogP contribution in [0.3, 0.4) is 0 Å². The van der Waals surface area contributed by atoms with Gasteiger partial charge in [-0.1, -0.05) is 20.8 Å². The summed E-state index contributed by atoms with van der Waals surface area (Å²) >= 11 is 0. The molecule has 1 amide bonds. The summed E-state index contributed by atoms with van der Waals surface area (Å²) in [4.78, 5) is 11.6. The van der Waals surface area contributed by atoms with E-state index in [1.807, 2.05) is 13.8 Å². The van der Waals surface area contributed by atoms with Crippen LogP contribution in [-0.2, 0) is 4.79 Å². The van der Waals surface area contributed by atoms with E-state index in [4.69, 9.17) is 0 Å². The third-order valence-corrected chi connectivity index (χ3v) is 3.24. The number of carbonyl (C=O) groups is 1. The van der Waals surface area contributed by atoms with Crippen molar-refractivity contribution in [2.75, 3.05) is 0 Å². The molecule has 0 bridgehead atoms. The second kappa shape index (κ2) is 4.08. The highest BCUT2D eigenvalue weighted by Gasteiger charge is 2.40. The van der Waals surface area contributed by atoms with Crippen molar-refractivity contribution in [2.24, 2.45) is 17.3 Å². The van der Waals surface area contributed by atoms with E-state index in [2.05, 4.69) is 32.2 Å². The molecule has 1 rings (SSSR count). The Labute approximate surface area is 98.2 Å². The molecule has 3 nitrogen and oxygen atoms in total. The Kier molecular flexibility index (Phi) is 3.33. The van der Waals surface area contributed by atoms with Gasteiger partial charge >= 0.3 is 0 Å². The fraction of sp³-hybridized carbons (Fsp3) is 0.846. The maximum atomic E-state index is 11.6. The average molecular weight is 222 g/mol. The molecule has 0 aromatic rings. The zero-order valence-electron chi connectivity index (χ0n) is 10.9. The van der Waals surface area contributed by atoms with Crippen LogP contribution in [0.1, 0.15) is 47.5 Å². The maximum Gasteiger partial charge on any atom is 0.220 e. The molecule has 3 heteroatoms. The van der Waals surface area contributed by atoms with Gasteiger partial charge < -0.3 is 5.32 Å². The van der Waals surface area contributed by atoms with Gasteiger partial charge in [0, 0.05) is 12.0 Å². The number of carbonyl (C=O) groups excluding carboxylic acids is 1. The minimum atomic E-state index is -0.180. The lowest BCUT2D eigenvalue weighted by molar-refractivity contribution is -0.127. The fourth-order valence-electron chi connectivity index (χ4n) is 2.69. The highest BCUT2D eigenvalue weighted by molar-refractivity contribution is 5.78. The Morgan fingerprint density at radius 1 is 1.50 bits per heavy atom. The van der Waals surface area contributed by atoms with Gasteiger partial charge in [0.15, 0.2) is 0 Å². The molecule has 0 radical (unpaired) electrons. The SMILES string of the molecule is CC1(C)CC(C(C#N)C(C)(C)C)CC(=O)N1. The van der Waals surface area contributed by atoms with Crippen molar-refractivity contribution in [3.05, 3.63) is 0 Å². The topological polar surface area (TPSA) is 52.9 Å². The molecule has 1 N–H and O–H groups in total. The van der Waals surface area contributed by atoms with Crippen LogP contribution >= 0.6 is 0 Å². The molecule has 0 aromatic heterocycles. The maximum absolute atomic E-state index is 11.6. The number of nitriles is 1. The first-order valence-corrected chi connectivity index (χ1v) is 5.86. The molecule has 0 saturated carbocycles. The molecular weight excluding hydrogens is 200 g/mol. The van der Waals surface area contributed by atoms with Crippen LogP contribution in [-0.4, -0.2) is 11.4 Å². The van der Waals surface area contributed by atoms with Gasteiger partial charge in [0.2, 0.25) is 5.91 Å². The van der Waals surface area contributed by atoms with Gasteiger partial charge in [0.1, 0.15) is 0 Å². The number of piperidine rings is 1. The van der Waals surface area contributed by atoms with Gasteiger partial charge in [-0.3, -0.25) is 4.79 Å². The first kappa shape index (κ1) is 13.0. The first-order chi connectivity index (χ1) is 7.15. The molecule has 2 atom stereocenters. The van der Waals surface area contributed by atoms with Crippen LogP contribution in [0.2, 0.25) is 0 Å². The second-order valence-corrected chi connectivity index (χ2v) is 6.57. The van der Waals surface area contributed by atoms with Gasteiger partial charge in [0.25, 0.3) is 0 Å². The lowest BCUT2D eigenvalue weighted by Gasteiger charge is -2.41. The summed E-state index contributed by atoms with van der Waals surface area (Å²) in [6.45, 7) is 10.3. The van der Waals surface area contributed by atoms with E-state index in [0.29, 0.717) is 6.42 Å². The third-order valence-electron chi connectivity index (χ3n) is 3.24. The van der Waals surface area contributed by atoms with Crippen molar-refractivity contribution in [1.29, 1.82) is 5.26 Å². The Morgan fingerprint density at radius 3 is 2.44 bits per heavy atom. The van der Waals surface area contributed by atoms with E-state index in [1.54, 1.807) is 0 Å². The summed E-state index contributed by atoms with van der Waals surface area (Å²) in [5.74, 6) is 0.192. The second-order valence-electron chi connectivity index (χ2n) is 6.57. The van der Waals surface area contributed by atoms with Gasteiger partial charge in [-0.25, -0.2) is 0 Å². The van der Waals surface area contributed by atoms with Crippen molar-refractivity contribution in [1.82, 2.24) is 5.32 Å². The summed E-state index contributed by atoms with van der Waals surface area (Å²) < 4.78 is 0. The predicted molar refractivity (Wildman–Crippen MR) is 63.5 cm³/mol. The lowest BCUT2D eigenvalue weighted by Crippen LogP contribution is -2.51. The van der Waals surface area contributed by atoms with Gasteiger partial charge in [-0.15, -0.1) is 0 Å². The highest BCUT2D eigenvalue weighted by atomic mass is 16.1. The molecule has 0 aliphatic carbocycles. The summed E-state index contributed by atoms with van der Waals surface area (Å²) in [5.41, 5.74) is -0.243. The van der Waals surface area contributed by atoms with E-state index in [9.17, 15) is 10.1 Å². The fourth-order valence-corrected chi connectivity index (χ4v) is 2.69. The zero-order valence-corrected chi connectivity index (χ0v) is 10.9. The minimum Gasteiger partial charge on any atom is -0.351 e. The molecule has 1 aliphatic heterocycles. The predicted octanol–water partition coefficient (Wildman–Crippen LogP) is 2.48. The molecule has 0 aromatic carbocycles. The van der Waals surface area contributed by atoms with E-state index >= 15 is 0 Å². The number of rotatable bonds is 1. The Morgan fingerprint density at radius 2 is 2.06 bits per heavy atom. The Balaban J connectivity index is 2.88. The lowest BCUT2D eigenvalue weighted by atomic mass is 9.68. The largest absolute Gasteiger partial charge is 0.351 e. The molecule has 16 heavy (non-hydrogen) atoms. The smallest absolute Gasteiger partial charge is 0.220 e. The molecule has 1 aliphatic rings. The number of nitrogens with zero attached hydrogens (tertiary/aromatic N) is 1. The zero-order chi connectivity index (χ0) is 12.6. The first-order valence-electron chi connectivity index (χ1n) is 5.86. The standard InChI is InChI=1S/C13H22N2O/c1-12(2,3)10(8-14)9-6-11(16)15-13(4,5)7-9/h9-10H,6-7H2,1-5H3,(H,15,16). The molecule has 1 heterocycles. The van der Waals surface area contributed by atoms with Crippen LogP contribution in [0.4, 0.5) is 0 Å². The number of amides is 1. The number of hydrogen-bond donors (Lipinski definition) is 1. The summed E-state index contributed by atoms with van der Waals surface area (Å²) in [5, 5.41) is 12.3. The van der Waals surface area contributed by atoms with Crippen molar-refractivity contribution >= 4 is 5.91 Å². The van der Waals surface area contributed by atoms with Crippen LogP contribution in [0, 0.1) is 28.6 Å². The van der Waals surface area contributed by atoms with Gasteiger partial charge in [0.05, 0.1) is 12.0 Å². The molecular formula is C13H22N2O. The average Bonchev–Trinajstić information content (AvgIpc) is 1.97. The monoisotopic (exact) mass is 222 g/mol. The van der Waals surface area contributed by atoms with E-state index in [-0.39, 0.29) is 28.7 Å². The van der Waals surface area contributed by atoms with Crippen LogP contribution < -0.4 is 5.32 Å². The quantitative estimate of drug-likeness (QED) is 0.741. The summed E-state index contributed by atoms with van der Waals surface area (Å²) in [6.07, 6.45) is 1.37. The Hall–Kier alpha value is -1.04. The number of nitrogens with one attached hydrogen (secondary N) is 1. The van der Waals surface area contributed by atoms with Crippen molar-refractivity contribution in [2.45, 2.75) is 53.0 Å². The molecule has 90 valence electrons. The molecule has 1 fully saturated rings. The van der Waals surface area contributed by atoms with Crippen LogP contribution in [0.25, 0.3) is 0 Å². The van der Waals surface area contributed by atoms with Crippen LogP contribution in [0.5, 0.6) is 0 Å². The van der Waals surface area contributed by atoms with E-state index in [0.717, 1.165) is 6.42 Å². The summed E-state index contributed by atoms with van der Waals surface area (Å²) in [7, 11) is 0. The van der Waals surface area contributed by atoms with Crippen LogP contribution in [0.15, 0.2) is 0 Å². The van der Waals surface area contributed by atoms with Crippen molar-refractivity contribution in [3.8, 4) is 6.07 Å². The molecule has 0 spiro atoms. The third kappa shape index (κ3) is 2.98. The van der Waals surface area contributed by atoms with E-state index in [1.165, 1.54) is 0 Å². The Bertz CT molecular complexity index is 320. The van der Waals surface area contributed by atoms with E-state index < -0.39 is 0 Å². The van der Waals surface area contributed by atoms with Crippen molar-refractivity contribution < 1.29 is 4.79 Å². The van der Waals surface area contributed by atoms with Crippen molar-refractivity contribution in [3.63, 3.8) is 0 Å². The summed E-state index contributed by atoms with van der Waals surface area (Å²) in [6, 6.07) is 2.39. The van der Waals surface area contributed by atoms with Gasteiger partial charge in [-0.05, 0) is 31.6 Å². The molecule has 1 saturated heterocycles. The minimum absolute atomic E-state index is 0.0576. The van der Waals surface area contributed by atoms with Gasteiger partial charge in [-0.2, -0.15) is 5.26 Å². The normalized spacial score (nSPS) is 26.8.